The lowest BCUT2D eigenvalue weighted by Crippen LogP contribution is -2.10. The van der Waals surface area contributed by atoms with E-state index in [4.69, 9.17) is 27.9 Å². The molecule has 2 unspecified atom stereocenters. The maximum atomic E-state index is 5.59. The van der Waals surface area contributed by atoms with Gasteiger partial charge in [0, 0.05) is 0 Å². The van der Waals surface area contributed by atoms with E-state index in [9.17, 15) is 0 Å². The van der Waals surface area contributed by atoms with Gasteiger partial charge >= 0.3 is 0 Å². The van der Waals surface area contributed by atoms with Crippen LogP contribution in [0.5, 0.6) is 0 Å². The van der Waals surface area contributed by atoms with Crippen molar-refractivity contribution in [2.75, 3.05) is 13.2 Å². The van der Waals surface area contributed by atoms with E-state index < -0.39 is 0 Å². The van der Waals surface area contributed by atoms with Crippen molar-refractivity contribution in [1.82, 2.24) is 0 Å². The molecule has 0 aliphatic rings. The molecule has 0 aliphatic carbocycles. The third-order valence-corrected chi connectivity index (χ3v) is 0.947. The summed E-state index contributed by atoms with van der Waals surface area (Å²) in [6.45, 7) is 4.94. The van der Waals surface area contributed by atoms with E-state index in [1.165, 1.54) is 0 Å². The monoisotopic (exact) mass is 170 g/mol. The molecule has 0 radical (unpaired) electrons. The molecule has 0 aromatic heterocycles. The molecule has 9 heavy (non-hydrogen) atoms. The van der Waals surface area contributed by atoms with Gasteiger partial charge in [0.15, 0.2) is 0 Å². The maximum Gasteiger partial charge on any atom is 0.0628 e. The highest BCUT2D eigenvalue weighted by Crippen LogP contribution is 1.97. The Kier molecular flexibility index (Phi) is 5.65. The van der Waals surface area contributed by atoms with E-state index in [1.807, 2.05) is 13.8 Å². The first-order valence-corrected chi connectivity index (χ1v) is 3.86. The molecule has 3 heteroatoms. The minimum atomic E-state index is 0.0837. The van der Waals surface area contributed by atoms with Crippen LogP contribution in [0.25, 0.3) is 0 Å². The molecular weight excluding hydrogens is 159 g/mol. The second-order valence-corrected chi connectivity index (χ2v) is 3.59. The second kappa shape index (κ2) is 5.33. The number of rotatable bonds is 4. The zero-order chi connectivity index (χ0) is 7.28. The van der Waals surface area contributed by atoms with E-state index in [0.29, 0.717) is 13.2 Å². The van der Waals surface area contributed by atoms with Gasteiger partial charge in [-0.2, -0.15) is 0 Å². The van der Waals surface area contributed by atoms with Crippen LogP contribution in [-0.4, -0.2) is 24.0 Å². The minimum Gasteiger partial charge on any atom is -0.378 e. The van der Waals surface area contributed by atoms with E-state index in [-0.39, 0.29) is 10.8 Å². The average molecular weight is 171 g/mol. The standard InChI is InChI=1S/C6H12Cl2O/c1-5(7)3-9-4-6(2)8/h5-6H,3-4H2,1-2H3. The van der Waals surface area contributed by atoms with Crippen molar-refractivity contribution in [2.45, 2.75) is 24.6 Å². The second-order valence-electron chi connectivity index (χ2n) is 2.10. The Hall–Kier alpha value is 0.540. The molecule has 2 atom stereocenters. The number of halogens is 2. The highest BCUT2D eigenvalue weighted by molar-refractivity contribution is 6.20. The Morgan fingerprint density at radius 1 is 1.11 bits per heavy atom. The van der Waals surface area contributed by atoms with Gasteiger partial charge in [0.1, 0.15) is 0 Å². The fraction of sp³-hybridized carbons (Fsp3) is 1.00. The molecule has 0 aromatic carbocycles. The molecule has 0 spiro atoms. The predicted octanol–water partition coefficient (Wildman–Crippen LogP) is 2.26. The Bertz CT molecular complexity index is 56.1. The summed E-state index contributed by atoms with van der Waals surface area (Å²) in [4.78, 5) is 0. The molecule has 0 fully saturated rings. The molecule has 0 amide bonds. The van der Waals surface area contributed by atoms with Crippen LogP contribution >= 0.6 is 23.2 Å². The van der Waals surface area contributed by atoms with Gasteiger partial charge in [-0.15, -0.1) is 23.2 Å². The van der Waals surface area contributed by atoms with Crippen LogP contribution in [0.15, 0.2) is 0 Å². The van der Waals surface area contributed by atoms with Crippen molar-refractivity contribution in [2.24, 2.45) is 0 Å². The average Bonchev–Trinajstić information content (AvgIpc) is 1.63. The van der Waals surface area contributed by atoms with Gasteiger partial charge in [-0.25, -0.2) is 0 Å². The van der Waals surface area contributed by atoms with E-state index >= 15 is 0 Å². The highest BCUT2D eigenvalue weighted by Gasteiger charge is 1.98. The van der Waals surface area contributed by atoms with Crippen molar-refractivity contribution < 1.29 is 4.74 Å². The normalized spacial score (nSPS) is 17.3. The molecule has 56 valence electrons. The summed E-state index contributed by atoms with van der Waals surface area (Å²) in [6, 6.07) is 0. The van der Waals surface area contributed by atoms with Crippen LogP contribution in [-0.2, 0) is 4.74 Å². The largest absolute Gasteiger partial charge is 0.378 e. The number of alkyl halides is 2. The lowest BCUT2D eigenvalue weighted by atomic mass is 10.5. The van der Waals surface area contributed by atoms with Gasteiger partial charge in [-0.1, -0.05) is 0 Å². The first-order chi connectivity index (χ1) is 4.13. The molecule has 0 saturated heterocycles. The van der Waals surface area contributed by atoms with Crippen molar-refractivity contribution in [1.29, 1.82) is 0 Å². The van der Waals surface area contributed by atoms with Gasteiger partial charge in [0.05, 0.1) is 24.0 Å². The van der Waals surface area contributed by atoms with Gasteiger partial charge in [0.2, 0.25) is 0 Å². The number of hydrogen-bond donors (Lipinski definition) is 0. The van der Waals surface area contributed by atoms with Crippen LogP contribution in [0, 0.1) is 0 Å². The van der Waals surface area contributed by atoms with E-state index in [2.05, 4.69) is 0 Å². The van der Waals surface area contributed by atoms with Crippen molar-refractivity contribution >= 4 is 23.2 Å². The van der Waals surface area contributed by atoms with Crippen LogP contribution < -0.4 is 0 Å². The smallest absolute Gasteiger partial charge is 0.0628 e. The van der Waals surface area contributed by atoms with E-state index in [0.717, 1.165) is 0 Å². The third-order valence-electron chi connectivity index (χ3n) is 0.695. The lowest BCUT2D eigenvalue weighted by molar-refractivity contribution is 0.139. The molecule has 0 heterocycles. The Morgan fingerprint density at radius 3 is 1.67 bits per heavy atom. The lowest BCUT2D eigenvalue weighted by Gasteiger charge is -2.05. The highest BCUT2D eigenvalue weighted by atomic mass is 35.5. The summed E-state index contributed by atoms with van der Waals surface area (Å²) in [5.74, 6) is 0. The number of hydrogen-bond acceptors (Lipinski definition) is 1. The molecule has 0 aliphatic heterocycles. The van der Waals surface area contributed by atoms with Crippen molar-refractivity contribution in [3.8, 4) is 0 Å². The summed E-state index contributed by atoms with van der Waals surface area (Å²) in [5.41, 5.74) is 0. The molecule has 0 N–H and O–H groups in total. The number of ether oxygens (including phenoxy) is 1. The molecule has 1 nitrogen and oxygen atoms in total. The Labute approximate surface area is 66.3 Å². The zero-order valence-electron chi connectivity index (χ0n) is 5.73. The SMILES string of the molecule is CC(Cl)COCC(C)Cl. The summed E-state index contributed by atoms with van der Waals surface area (Å²) < 4.78 is 5.09. The molecular formula is C6H12Cl2O. The minimum absolute atomic E-state index is 0.0837. The fourth-order valence-corrected chi connectivity index (χ4v) is 0.571. The summed E-state index contributed by atoms with van der Waals surface area (Å²) in [5, 5.41) is 0.167. The Balaban J connectivity index is 2.91. The van der Waals surface area contributed by atoms with Crippen molar-refractivity contribution in [3.05, 3.63) is 0 Å². The Morgan fingerprint density at radius 2 is 1.44 bits per heavy atom. The van der Waals surface area contributed by atoms with Crippen LogP contribution in [0.1, 0.15) is 13.8 Å². The summed E-state index contributed by atoms with van der Waals surface area (Å²) in [6.07, 6.45) is 0. The quantitative estimate of drug-likeness (QED) is 0.589. The van der Waals surface area contributed by atoms with Crippen LogP contribution in [0.3, 0.4) is 0 Å². The summed E-state index contributed by atoms with van der Waals surface area (Å²) >= 11 is 11.2. The molecule has 0 bridgehead atoms. The van der Waals surface area contributed by atoms with Crippen molar-refractivity contribution in [3.63, 3.8) is 0 Å². The van der Waals surface area contributed by atoms with Crippen LogP contribution in [0.4, 0.5) is 0 Å². The fourth-order valence-electron chi connectivity index (χ4n) is 0.393. The van der Waals surface area contributed by atoms with Gasteiger partial charge < -0.3 is 4.74 Å². The van der Waals surface area contributed by atoms with Crippen LogP contribution in [0.2, 0.25) is 0 Å². The molecule has 0 aromatic rings. The summed E-state index contributed by atoms with van der Waals surface area (Å²) in [7, 11) is 0. The topological polar surface area (TPSA) is 9.23 Å². The van der Waals surface area contributed by atoms with Gasteiger partial charge in [0.25, 0.3) is 0 Å². The van der Waals surface area contributed by atoms with Gasteiger partial charge in [-0.05, 0) is 13.8 Å². The molecule has 0 saturated carbocycles. The third kappa shape index (κ3) is 8.54. The zero-order valence-corrected chi connectivity index (χ0v) is 7.24. The first kappa shape index (κ1) is 9.54. The van der Waals surface area contributed by atoms with Gasteiger partial charge in [-0.3, -0.25) is 0 Å². The predicted molar refractivity (Wildman–Crippen MR) is 41.4 cm³/mol. The van der Waals surface area contributed by atoms with E-state index in [1.54, 1.807) is 0 Å². The maximum absolute atomic E-state index is 5.59. The first-order valence-electron chi connectivity index (χ1n) is 2.98. The molecule has 0 rings (SSSR count).